The first-order chi connectivity index (χ1) is 10.6. The van der Waals surface area contributed by atoms with Gasteiger partial charge in [-0.1, -0.05) is 28.1 Å². The molecule has 0 saturated heterocycles. The predicted molar refractivity (Wildman–Crippen MR) is 88.1 cm³/mol. The lowest BCUT2D eigenvalue weighted by molar-refractivity contribution is -0.115. The summed E-state index contributed by atoms with van der Waals surface area (Å²) in [5.74, 6) is -0.0623. The third-order valence-corrected chi connectivity index (χ3v) is 3.43. The summed E-state index contributed by atoms with van der Waals surface area (Å²) < 4.78 is 6.03. The Morgan fingerprint density at radius 2 is 1.77 bits per heavy atom. The van der Waals surface area contributed by atoms with Crippen molar-refractivity contribution >= 4 is 33.4 Å². The van der Waals surface area contributed by atoms with Gasteiger partial charge in [-0.05, 0) is 36.4 Å². The van der Waals surface area contributed by atoms with Crippen LogP contribution in [0.5, 0.6) is 5.75 Å². The van der Waals surface area contributed by atoms with Crippen LogP contribution in [0.1, 0.15) is 10.4 Å². The largest absolute Gasteiger partial charge is 0.495 e. The van der Waals surface area contributed by atoms with Gasteiger partial charge in [0, 0.05) is 10.0 Å². The lowest BCUT2D eigenvalue weighted by Gasteiger charge is -2.10. The van der Waals surface area contributed by atoms with Crippen LogP contribution < -0.4 is 15.4 Å². The summed E-state index contributed by atoms with van der Waals surface area (Å²) in [6.07, 6.45) is 0. The summed E-state index contributed by atoms with van der Waals surface area (Å²) in [7, 11) is 1.53. The Morgan fingerprint density at radius 1 is 1.09 bits per heavy atom. The van der Waals surface area contributed by atoms with Crippen molar-refractivity contribution < 1.29 is 14.3 Å². The van der Waals surface area contributed by atoms with Crippen LogP contribution in [0, 0.1) is 0 Å². The molecule has 22 heavy (non-hydrogen) atoms. The number of hydrogen-bond acceptors (Lipinski definition) is 3. The highest BCUT2D eigenvalue weighted by molar-refractivity contribution is 9.10. The highest BCUT2D eigenvalue weighted by atomic mass is 79.9. The van der Waals surface area contributed by atoms with Crippen molar-refractivity contribution in [3.05, 3.63) is 58.6 Å². The molecule has 0 heterocycles. The van der Waals surface area contributed by atoms with Gasteiger partial charge in [-0.25, -0.2) is 0 Å². The Morgan fingerprint density at radius 3 is 2.45 bits per heavy atom. The number of methoxy groups -OCH3 is 1. The van der Waals surface area contributed by atoms with Crippen molar-refractivity contribution in [2.24, 2.45) is 0 Å². The van der Waals surface area contributed by atoms with Crippen molar-refractivity contribution in [3.8, 4) is 5.75 Å². The Kier molecular flexibility index (Phi) is 5.55. The maximum atomic E-state index is 11.9. The second kappa shape index (κ2) is 7.61. The Hall–Kier alpha value is -2.34. The minimum absolute atomic E-state index is 0.118. The van der Waals surface area contributed by atoms with Crippen molar-refractivity contribution in [2.75, 3.05) is 19.0 Å². The smallest absolute Gasteiger partial charge is 0.251 e. The average molecular weight is 363 g/mol. The van der Waals surface area contributed by atoms with Gasteiger partial charge in [0.05, 0.1) is 19.3 Å². The molecule has 0 aromatic heterocycles. The zero-order valence-corrected chi connectivity index (χ0v) is 13.5. The molecule has 0 aliphatic rings. The summed E-state index contributed by atoms with van der Waals surface area (Å²) in [5.41, 5.74) is 1.06. The van der Waals surface area contributed by atoms with Crippen molar-refractivity contribution in [1.82, 2.24) is 5.32 Å². The standard InChI is InChI=1S/C16H15BrN2O3/c1-22-14-5-3-2-4-13(14)19-15(20)10-18-16(21)11-6-8-12(17)9-7-11/h2-9H,10H2,1H3,(H,18,21)(H,19,20). The van der Waals surface area contributed by atoms with E-state index in [1.54, 1.807) is 42.5 Å². The molecule has 114 valence electrons. The molecule has 2 amide bonds. The van der Waals surface area contributed by atoms with Gasteiger partial charge >= 0.3 is 0 Å². The molecule has 6 heteroatoms. The summed E-state index contributed by atoms with van der Waals surface area (Å²) in [6.45, 7) is -0.118. The SMILES string of the molecule is COc1ccccc1NC(=O)CNC(=O)c1ccc(Br)cc1. The van der Waals surface area contributed by atoms with Crippen LogP contribution in [0.15, 0.2) is 53.0 Å². The van der Waals surface area contributed by atoms with Gasteiger partial charge in [-0.15, -0.1) is 0 Å². The number of halogens is 1. The molecule has 5 nitrogen and oxygen atoms in total. The van der Waals surface area contributed by atoms with Crippen LogP contribution in [-0.2, 0) is 4.79 Å². The van der Waals surface area contributed by atoms with Crippen LogP contribution in [0.3, 0.4) is 0 Å². The summed E-state index contributed by atoms with van der Waals surface area (Å²) in [5, 5.41) is 5.26. The monoisotopic (exact) mass is 362 g/mol. The van der Waals surface area contributed by atoms with Gasteiger partial charge in [-0.3, -0.25) is 9.59 Å². The second-order valence-corrected chi connectivity index (χ2v) is 5.35. The molecule has 0 saturated carbocycles. The number of carbonyl (C=O) groups excluding carboxylic acids is 2. The third kappa shape index (κ3) is 4.33. The maximum absolute atomic E-state index is 11.9. The minimum atomic E-state index is -0.324. The number of benzene rings is 2. The molecule has 2 aromatic rings. The molecule has 0 bridgehead atoms. The van der Waals surface area contributed by atoms with E-state index in [0.717, 1.165) is 4.47 Å². The van der Waals surface area contributed by atoms with Gasteiger partial charge in [0.25, 0.3) is 5.91 Å². The molecule has 2 rings (SSSR count). The van der Waals surface area contributed by atoms with Crippen LogP contribution in [-0.4, -0.2) is 25.5 Å². The van der Waals surface area contributed by atoms with Crippen LogP contribution in [0.4, 0.5) is 5.69 Å². The van der Waals surface area contributed by atoms with Gasteiger partial charge < -0.3 is 15.4 Å². The van der Waals surface area contributed by atoms with Gasteiger partial charge in [0.2, 0.25) is 5.91 Å². The first-order valence-electron chi connectivity index (χ1n) is 6.57. The first-order valence-corrected chi connectivity index (χ1v) is 7.36. The number of ether oxygens (including phenoxy) is 1. The molecule has 0 spiro atoms. The number of nitrogens with one attached hydrogen (secondary N) is 2. The van der Waals surface area contributed by atoms with E-state index in [1.165, 1.54) is 7.11 Å². The highest BCUT2D eigenvalue weighted by Gasteiger charge is 2.10. The Bertz CT molecular complexity index is 671. The second-order valence-electron chi connectivity index (χ2n) is 4.44. The number of para-hydroxylation sites is 2. The van der Waals surface area contributed by atoms with Gasteiger partial charge in [-0.2, -0.15) is 0 Å². The fourth-order valence-corrected chi connectivity index (χ4v) is 2.07. The minimum Gasteiger partial charge on any atom is -0.495 e. The first kappa shape index (κ1) is 16.0. The topological polar surface area (TPSA) is 67.4 Å². The molecule has 0 fully saturated rings. The van der Waals surface area contributed by atoms with Crippen molar-refractivity contribution in [3.63, 3.8) is 0 Å². The molecule has 0 atom stereocenters. The average Bonchev–Trinajstić information content (AvgIpc) is 2.54. The van der Waals surface area contributed by atoms with E-state index in [4.69, 9.17) is 4.74 Å². The quantitative estimate of drug-likeness (QED) is 0.859. The molecule has 0 unspecified atom stereocenters. The van der Waals surface area contributed by atoms with Crippen LogP contribution in [0.25, 0.3) is 0 Å². The molecule has 0 aliphatic carbocycles. The number of carbonyl (C=O) groups is 2. The van der Waals surface area contributed by atoms with E-state index in [9.17, 15) is 9.59 Å². The molecule has 2 aromatic carbocycles. The molecular weight excluding hydrogens is 348 g/mol. The molecule has 0 radical (unpaired) electrons. The molecular formula is C16H15BrN2O3. The Labute approximate surface area is 136 Å². The van der Waals surface area contributed by atoms with E-state index in [-0.39, 0.29) is 18.4 Å². The predicted octanol–water partition coefficient (Wildman–Crippen LogP) is 2.83. The van der Waals surface area contributed by atoms with Crippen molar-refractivity contribution in [2.45, 2.75) is 0 Å². The zero-order chi connectivity index (χ0) is 15.9. The lowest BCUT2D eigenvalue weighted by Crippen LogP contribution is -2.32. The van der Waals surface area contributed by atoms with E-state index in [1.807, 2.05) is 6.07 Å². The van der Waals surface area contributed by atoms with Crippen LogP contribution >= 0.6 is 15.9 Å². The fraction of sp³-hybridized carbons (Fsp3) is 0.125. The summed E-state index contributed by atoms with van der Waals surface area (Å²) in [6, 6.07) is 14.0. The summed E-state index contributed by atoms with van der Waals surface area (Å²) in [4.78, 5) is 23.8. The van der Waals surface area contributed by atoms with E-state index >= 15 is 0 Å². The van der Waals surface area contributed by atoms with Crippen molar-refractivity contribution in [1.29, 1.82) is 0 Å². The summed E-state index contributed by atoms with van der Waals surface area (Å²) >= 11 is 3.30. The number of amides is 2. The van der Waals surface area contributed by atoms with Crippen LogP contribution in [0.2, 0.25) is 0 Å². The van der Waals surface area contributed by atoms with E-state index < -0.39 is 0 Å². The molecule has 2 N–H and O–H groups in total. The fourth-order valence-electron chi connectivity index (χ4n) is 1.81. The lowest BCUT2D eigenvalue weighted by atomic mass is 10.2. The normalized spacial score (nSPS) is 9.91. The number of anilines is 1. The van der Waals surface area contributed by atoms with Gasteiger partial charge in [0.15, 0.2) is 0 Å². The Balaban J connectivity index is 1.90. The highest BCUT2D eigenvalue weighted by Crippen LogP contribution is 2.22. The van der Waals surface area contributed by atoms with E-state index in [2.05, 4.69) is 26.6 Å². The maximum Gasteiger partial charge on any atom is 0.251 e. The molecule has 0 aliphatic heterocycles. The van der Waals surface area contributed by atoms with Gasteiger partial charge in [0.1, 0.15) is 5.75 Å². The number of rotatable bonds is 5. The third-order valence-electron chi connectivity index (χ3n) is 2.90. The van der Waals surface area contributed by atoms with E-state index in [0.29, 0.717) is 17.0 Å². The number of hydrogen-bond donors (Lipinski definition) is 2. The zero-order valence-electron chi connectivity index (χ0n) is 11.9.